The quantitative estimate of drug-likeness (QED) is 0.302. The summed E-state index contributed by atoms with van der Waals surface area (Å²) in [4.78, 5) is 13.6. The number of hydrogen-bond donors (Lipinski definition) is 2. The van der Waals surface area contributed by atoms with Crippen molar-refractivity contribution in [1.82, 2.24) is 4.57 Å². The second kappa shape index (κ2) is 9.81. The van der Waals surface area contributed by atoms with E-state index >= 15 is 0 Å². The minimum atomic E-state index is -4.67. The van der Waals surface area contributed by atoms with E-state index < -0.39 is 29.2 Å². The van der Waals surface area contributed by atoms with E-state index in [9.17, 15) is 28.2 Å². The molecule has 1 heterocycles. The van der Waals surface area contributed by atoms with Crippen LogP contribution in [-0.4, -0.2) is 41.9 Å². The summed E-state index contributed by atoms with van der Waals surface area (Å²) in [5, 5.41) is 21.9. The Kier molecular flexibility index (Phi) is 6.76. The zero-order valence-corrected chi connectivity index (χ0v) is 20.0. The zero-order chi connectivity index (χ0) is 26.9. The highest BCUT2D eigenvalue weighted by Crippen LogP contribution is 2.47. The van der Waals surface area contributed by atoms with E-state index in [2.05, 4.69) is 0 Å². The van der Waals surface area contributed by atoms with E-state index in [0.717, 1.165) is 22.8 Å². The molecule has 7 nitrogen and oxygen atoms in total. The lowest BCUT2D eigenvalue weighted by Gasteiger charge is -2.16. The molecule has 1 aromatic heterocycles. The molecule has 4 rings (SSSR count). The van der Waals surface area contributed by atoms with Gasteiger partial charge in [-0.15, -0.1) is 0 Å². The third-order valence-corrected chi connectivity index (χ3v) is 5.80. The standard InChI is InChI=1S/C27H22F3NO6/c1-35-18-9-7-15(8-10-18)24(32)22-23(20-12-11-19(36-2)14-21(20)37-3)31(26(34)25(22)33)17-6-4-5-16(13-17)27(28,29)30/h4-14,33-34H,1-3H3. The first kappa shape index (κ1) is 25.5. The monoisotopic (exact) mass is 513 g/mol. The second-order valence-electron chi connectivity index (χ2n) is 7.90. The largest absolute Gasteiger partial charge is 0.503 e. The lowest BCUT2D eigenvalue weighted by Crippen LogP contribution is -2.08. The van der Waals surface area contributed by atoms with Gasteiger partial charge in [0.1, 0.15) is 17.2 Å². The van der Waals surface area contributed by atoms with Gasteiger partial charge >= 0.3 is 6.18 Å². The molecule has 0 atom stereocenters. The van der Waals surface area contributed by atoms with Crippen LogP contribution in [0.2, 0.25) is 0 Å². The molecule has 2 N–H and O–H groups in total. The summed E-state index contributed by atoms with van der Waals surface area (Å²) in [5.74, 6) is -1.21. The summed E-state index contributed by atoms with van der Waals surface area (Å²) in [6.07, 6.45) is -4.67. The van der Waals surface area contributed by atoms with Crippen LogP contribution in [-0.2, 0) is 6.18 Å². The smallest absolute Gasteiger partial charge is 0.416 e. The number of nitrogens with zero attached hydrogens (tertiary/aromatic N) is 1. The molecule has 0 aliphatic heterocycles. The van der Waals surface area contributed by atoms with Crippen LogP contribution >= 0.6 is 0 Å². The molecule has 0 bridgehead atoms. The summed E-state index contributed by atoms with van der Waals surface area (Å²) in [6.45, 7) is 0. The summed E-state index contributed by atoms with van der Waals surface area (Å²) < 4.78 is 57.2. The van der Waals surface area contributed by atoms with Gasteiger partial charge in [0.15, 0.2) is 11.5 Å². The topological polar surface area (TPSA) is 90.2 Å². The van der Waals surface area contributed by atoms with E-state index in [-0.39, 0.29) is 33.8 Å². The van der Waals surface area contributed by atoms with Crippen molar-refractivity contribution in [3.63, 3.8) is 0 Å². The molecule has 0 aliphatic carbocycles. The Balaban J connectivity index is 2.05. The van der Waals surface area contributed by atoms with Gasteiger partial charge in [-0.05, 0) is 54.6 Å². The first-order valence-corrected chi connectivity index (χ1v) is 10.9. The van der Waals surface area contributed by atoms with Crippen molar-refractivity contribution in [2.24, 2.45) is 0 Å². The van der Waals surface area contributed by atoms with E-state index in [1.54, 1.807) is 18.2 Å². The van der Waals surface area contributed by atoms with Gasteiger partial charge in [0.2, 0.25) is 5.88 Å². The van der Waals surface area contributed by atoms with Crippen LogP contribution in [0.3, 0.4) is 0 Å². The van der Waals surface area contributed by atoms with Gasteiger partial charge in [0.05, 0.1) is 38.2 Å². The predicted octanol–water partition coefficient (Wildman–Crippen LogP) is 5.83. The Morgan fingerprint density at radius 3 is 2.08 bits per heavy atom. The molecule has 0 spiro atoms. The van der Waals surface area contributed by atoms with Gasteiger partial charge in [0.25, 0.3) is 0 Å². The third-order valence-electron chi connectivity index (χ3n) is 5.80. The van der Waals surface area contributed by atoms with Crippen molar-refractivity contribution in [3.8, 4) is 45.8 Å². The van der Waals surface area contributed by atoms with E-state index in [1.807, 2.05) is 0 Å². The first-order valence-electron chi connectivity index (χ1n) is 10.9. The fraction of sp³-hybridized carbons (Fsp3) is 0.148. The number of alkyl halides is 3. The molecule has 0 saturated carbocycles. The lowest BCUT2D eigenvalue weighted by atomic mass is 9.98. The maximum atomic E-state index is 13.6. The molecule has 3 aromatic carbocycles. The highest BCUT2D eigenvalue weighted by Gasteiger charge is 2.34. The van der Waals surface area contributed by atoms with E-state index in [1.165, 1.54) is 51.7 Å². The summed E-state index contributed by atoms with van der Waals surface area (Å²) in [6, 6.07) is 14.8. The van der Waals surface area contributed by atoms with Crippen molar-refractivity contribution in [2.75, 3.05) is 21.3 Å². The van der Waals surface area contributed by atoms with E-state index in [4.69, 9.17) is 14.2 Å². The van der Waals surface area contributed by atoms with Gasteiger partial charge in [-0.3, -0.25) is 9.36 Å². The van der Waals surface area contributed by atoms with Gasteiger partial charge in [-0.1, -0.05) is 6.07 Å². The first-order chi connectivity index (χ1) is 17.6. The molecule has 192 valence electrons. The second-order valence-corrected chi connectivity index (χ2v) is 7.90. The molecular weight excluding hydrogens is 491 g/mol. The third kappa shape index (κ3) is 4.65. The molecule has 0 aliphatic rings. The molecule has 37 heavy (non-hydrogen) atoms. The fourth-order valence-corrected chi connectivity index (χ4v) is 3.97. The molecular formula is C27H22F3NO6. The maximum Gasteiger partial charge on any atom is 0.416 e. The number of ether oxygens (including phenoxy) is 3. The van der Waals surface area contributed by atoms with Gasteiger partial charge in [-0.25, -0.2) is 0 Å². The normalized spacial score (nSPS) is 11.3. The minimum Gasteiger partial charge on any atom is -0.503 e. The van der Waals surface area contributed by atoms with Crippen molar-refractivity contribution < 1.29 is 42.4 Å². The molecule has 10 heteroatoms. The van der Waals surface area contributed by atoms with Crippen molar-refractivity contribution in [2.45, 2.75) is 6.18 Å². The Morgan fingerprint density at radius 2 is 1.49 bits per heavy atom. The number of benzene rings is 3. The SMILES string of the molecule is COc1ccc(C(=O)c2c(O)c(O)n(-c3cccc(C(F)(F)F)c3)c2-c2ccc(OC)cc2OC)cc1. The van der Waals surface area contributed by atoms with Crippen LogP contribution in [0, 0.1) is 0 Å². The molecule has 4 aromatic rings. The van der Waals surface area contributed by atoms with Crippen molar-refractivity contribution in [1.29, 1.82) is 0 Å². The van der Waals surface area contributed by atoms with Gasteiger partial charge in [-0.2, -0.15) is 13.2 Å². The van der Waals surface area contributed by atoms with Crippen molar-refractivity contribution in [3.05, 3.63) is 83.4 Å². The Bertz CT molecular complexity index is 1460. The molecule has 0 saturated heterocycles. The average Bonchev–Trinajstić information content (AvgIpc) is 3.17. The summed E-state index contributed by atoms with van der Waals surface area (Å²) >= 11 is 0. The minimum absolute atomic E-state index is 0.0744. The zero-order valence-electron chi connectivity index (χ0n) is 20.0. The highest BCUT2D eigenvalue weighted by molar-refractivity contribution is 6.15. The maximum absolute atomic E-state index is 13.6. The van der Waals surface area contributed by atoms with Crippen LogP contribution in [0.25, 0.3) is 16.9 Å². The van der Waals surface area contributed by atoms with Gasteiger partial charge < -0.3 is 24.4 Å². The molecule has 0 radical (unpaired) electrons. The Hall–Kier alpha value is -4.60. The predicted molar refractivity (Wildman–Crippen MR) is 129 cm³/mol. The van der Waals surface area contributed by atoms with Crippen LogP contribution in [0.15, 0.2) is 66.7 Å². The number of aromatic hydroxyl groups is 2. The number of hydrogen-bond acceptors (Lipinski definition) is 6. The summed E-state index contributed by atoms with van der Waals surface area (Å²) in [5.41, 5.74) is -1.16. The number of rotatable bonds is 7. The van der Waals surface area contributed by atoms with Crippen LogP contribution < -0.4 is 14.2 Å². The number of halogens is 3. The highest BCUT2D eigenvalue weighted by atomic mass is 19.4. The summed E-state index contributed by atoms with van der Waals surface area (Å²) in [7, 11) is 4.26. The molecule has 0 unspecified atom stereocenters. The number of methoxy groups -OCH3 is 3. The Morgan fingerprint density at radius 1 is 0.838 bits per heavy atom. The van der Waals surface area contributed by atoms with Crippen LogP contribution in [0.1, 0.15) is 21.5 Å². The number of carbonyl (C=O) groups is 1. The van der Waals surface area contributed by atoms with Crippen LogP contribution in [0.4, 0.5) is 13.2 Å². The Labute approximate surface area is 209 Å². The number of ketones is 1. The number of carbonyl (C=O) groups excluding carboxylic acids is 1. The fourth-order valence-electron chi connectivity index (χ4n) is 3.97. The molecule has 0 amide bonds. The number of aromatic nitrogens is 1. The molecule has 0 fully saturated rings. The van der Waals surface area contributed by atoms with Gasteiger partial charge in [0, 0.05) is 22.9 Å². The lowest BCUT2D eigenvalue weighted by molar-refractivity contribution is -0.137. The van der Waals surface area contributed by atoms with Crippen LogP contribution in [0.5, 0.6) is 28.9 Å². The van der Waals surface area contributed by atoms with E-state index in [0.29, 0.717) is 11.5 Å². The average molecular weight is 513 g/mol. The van der Waals surface area contributed by atoms with Crippen molar-refractivity contribution >= 4 is 5.78 Å².